The molecule has 0 fully saturated rings. The highest BCUT2D eigenvalue weighted by molar-refractivity contribution is 7.90. The number of rotatable bonds is 4. The first-order valence-electron chi connectivity index (χ1n) is 5.67. The molecule has 0 saturated carbocycles. The Hall–Kier alpha value is -2.01. The van der Waals surface area contributed by atoms with Crippen molar-refractivity contribution in [2.24, 2.45) is 0 Å². The number of methoxy groups -OCH3 is 1. The maximum Gasteiger partial charge on any atom is 0.186 e. The lowest BCUT2D eigenvalue weighted by Gasteiger charge is -2.09. The monoisotopic (exact) mass is 278 g/mol. The van der Waals surface area contributed by atoms with Crippen molar-refractivity contribution < 1.29 is 18.3 Å². The van der Waals surface area contributed by atoms with Gasteiger partial charge in [0, 0.05) is 5.56 Å². The molecule has 0 atom stereocenters. The Labute approximate surface area is 112 Å². The second kappa shape index (κ2) is 5.32. The van der Waals surface area contributed by atoms with Crippen LogP contribution in [0.3, 0.4) is 0 Å². The summed E-state index contributed by atoms with van der Waals surface area (Å²) in [4.78, 5) is -0.0686. The predicted octanol–water partition coefficient (Wildman–Crippen LogP) is 2.37. The Bertz CT molecular complexity index is 677. The Morgan fingerprint density at radius 2 is 1.68 bits per heavy atom. The largest absolute Gasteiger partial charge is 0.507 e. The number of phenolic OH excluding ortho intramolecular Hbond substituents is 1. The number of benzene rings is 2. The molecule has 4 nitrogen and oxygen atoms in total. The topological polar surface area (TPSA) is 63.6 Å². The molecule has 100 valence electrons. The zero-order valence-electron chi connectivity index (χ0n) is 10.4. The van der Waals surface area contributed by atoms with E-state index >= 15 is 0 Å². The molecule has 0 amide bonds. The Kier molecular flexibility index (Phi) is 3.76. The van der Waals surface area contributed by atoms with Crippen LogP contribution in [0.5, 0.6) is 11.5 Å². The normalized spacial score (nSPS) is 11.2. The lowest BCUT2D eigenvalue weighted by molar-refractivity contribution is 0.411. The maximum absolute atomic E-state index is 12.3. The van der Waals surface area contributed by atoms with E-state index in [0.29, 0.717) is 11.3 Å². The third kappa shape index (κ3) is 2.88. The highest BCUT2D eigenvalue weighted by Crippen LogP contribution is 2.28. The summed E-state index contributed by atoms with van der Waals surface area (Å²) in [5, 5.41) is 9.64. The second-order valence-electron chi connectivity index (χ2n) is 4.04. The Balaban J connectivity index is 2.40. The average molecular weight is 278 g/mol. The average Bonchev–Trinajstić information content (AvgIpc) is 2.39. The molecule has 2 rings (SSSR count). The smallest absolute Gasteiger partial charge is 0.186 e. The molecule has 0 saturated heterocycles. The van der Waals surface area contributed by atoms with Gasteiger partial charge in [0.05, 0.1) is 12.9 Å². The number of aromatic hydroxyl groups is 1. The molecule has 0 aliphatic rings. The van der Waals surface area contributed by atoms with Crippen LogP contribution in [-0.4, -0.2) is 20.6 Å². The van der Waals surface area contributed by atoms with Gasteiger partial charge in [0.2, 0.25) is 0 Å². The van der Waals surface area contributed by atoms with Crippen LogP contribution in [0.4, 0.5) is 0 Å². The number of phenols is 1. The van der Waals surface area contributed by atoms with Gasteiger partial charge in [0.1, 0.15) is 16.4 Å². The van der Waals surface area contributed by atoms with Crippen molar-refractivity contribution >= 4 is 9.84 Å². The molecule has 2 aromatic rings. The second-order valence-corrected chi connectivity index (χ2v) is 6.00. The van der Waals surface area contributed by atoms with Gasteiger partial charge in [0.25, 0.3) is 0 Å². The van der Waals surface area contributed by atoms with Crippen LogP contribution in [0.25, 0.3) is 0 Å². The van der Waals surface area contributed by atoms with Crippen molar-refractivity contribution in [3.05, 3.63) is 54.1 Å². The van der Waals surface area contributed by atoms with Crippen molar-refractivity contribution in [2.75, 3.05) is 7.11 Å². The van der Waals surface area contributed by atoms with Crippen LogP contribution in [0.15, 0.2) is 53.4 Å². The molecule has 19 heavy (non-hydrogen) atoms. The number of ether oxygens (including phenoxy) is 1. The number of sulfone groups is 1. The summed E-state index contributed by atoms with van der Waals surface area (Å²) in [5.41, 5.74) is 0.563. The van der Waals surface area contributed by atoms with E-state index in [9.17, 15) is 13.5 Å². The molecule has 0 heterocycles. The summed E-state index contributed by atoms with van der Waals surface area (Å²) in [5.74, 6) is 0.0630. The van der Waals surface area contributed by atoms with Crippen LogP contribution >= 0.6 is 0 Å². The first-order chi connectivity index (χ1) is 9.04. The summed E-state index contributed by atoms with van der Waals surface area (Å²) in [6.07, 6.45) is 0. The van der Waals surface area contributed by atoms with E-state index in [1.54, 1.807) is 36.4 Å². The van der Waals surface area contributed by atoms with Crippen molar-refractivity contribution in [2.45, 2.75) is 10.6 Å². The fourth-order valence-electron chi connectivity index (χ4n) is 1.82. The molecule has 0 bridgehead atoms. The molecule has 0 spiro atoms. The van der Waals surface area contributed by atoms with E-state index in [0.717, 1.165) is 0 Å². The molecule has 0 aromatic heterocycles. The predicted molar refractivity (Wildman–Crippen MR) is 72.0 cm³/mol. The zero-order chi connectivity index (χ0) is 13.9. The van der Waals surface area contributed by atoms with Crippen LogP contribution in [0, 0.1) is 0 Å². The summed E-state index contributed by atoms with van der Waals surface area (Å²) in [6.45, 7) is 0. The summed E-state index contributed by atoms with van der Waals surface area (Å²) in [7, 11) is -2.12. The minimum Gasteiger partial charge on any atom is -0.507 e. The van der Waals surface area contributed by atoms with E-state index < -0.39 is 9.84 Å². The van der Waals surface area contributed by atoms with Gasteiger partial charge in [-0.2, -0.15) is 0 Å². The van der Waals surface area contributed by atoms with E-state index in [2.05, 4.69) is 0 Å². The van der Waals surface area contributed by atoms with Gasteiger partial charge in [-0.05, 0) is 18.2 Å². The third-order valence-electron chi connectivity index (χ3n) is 2.74. The molecule has 0 unspecified atom stereocenters. The van der Waals surface area contributed by atoms with Crippen molar-refractivity contribution in [1.82, 2.24) is 0 Å². The first kappa shape index (κ1) is 13.4. The third-order valence-corrected chi connectivity index (χ3v) is 4.44. The van der Waals surface area contributed by atoms with Crippen molar-refractivity contribution in [3.8, 4) is 11.5 Å². The lowest BCUT2D eigenvalue weighted by atomic mass is 10.2. The van der Waals surface area contributed by atoms with Crippen molar-refractivity contribution in [3.63, 3.8) is 0 Å². The minimum absolute atomic E-state index is 0.0686. The van der Waals surface area contributed by atoms with E-state index in [1.165, 1.54) is 19.2 Å². The zero-order valence-corrected chi connectivity index (χ0v) is 11.2. The fraction of sp³-hybridized carbons (Fsp3) is 0.143. The number of para-hydroxylation sites is 2. The summed E-state index contributed by atoms with van der Waals surface area (Å²) in [6, 6.07) is 12.8. The Morgan fingerprint density at radius 1 is 1.05 bits per heavy atom. The van der Waals surface area contributed by atoms with Gasteiger partial charge in [0.15, 0.2) is 9.84 Å². The number of hydrogen-bond donors (Lipinski definition) is 1. The standard InChI is InChI=1S/C14H14O4S/c1-18-13-8-4-2-6-11(13)10-19(16,17)14-9-5-3-7-12(14)15/h2-9,15H,10H2,1H3. The lowest BCUT2D eigenvalue weighted by Crippen LogP contribution is -2.06. The van der Waals surface area contributed by atoms with Crippen LogP contribution < -0.4 is 4.74 Å². The molecule has 0 radical (unpaired) electrons. The van der Waals surface area contributed by atoms with Gasteiger partial charge in [-0.1, -0.05) is 30.3 Å². The molecule has 0 aliphatic heterocycles. The molecular weight excluding hydrogens is 264 g/mol. The highest BCUT2D eigenvalue weighted by atomic mass is 32.2. The van der Waals surface area contributed by atoms with Gasteiger partial charge >= 0.3 is 0 Å². The molecule has 1 N–H and O–H groups in total. The van der Waals surface area contributed by atoms with E-state index in [1.807, 2.05) is 0 Å². The number of hydrogen-bond acceptors (Lipinski definition) is 4. The molecule has 5 heteroatoms. The van der Waals surface area contributed by atoms with Gasteiger partial charge in [-0.15, -0.1) is 0 Å². The van der Waals surface area contributed by atoms with Gasteiger partial charge in [-0.25, -0.2) is 8.42 Å². The Morgan fingerprint density at radius 3 is 2.37 bits per heavy atom. The quantitative estimate of drug-likeness (QED) is 0.932. The van der Waals surface area contributed by atoms with Gasteiger partial charge < -0.3 is 9.84 Å². The van der Waals surface area contributed by atoms with Crippen LogP contribution in [0.1, 0.15) is 5.56 Å². The fourth-order valence-corrected chi connectivity index (χ4v) is 3.30. The SMILES string of the molecule is COc1ccccc1CS(=O)(=O)c1ccccc1O. The first-order valence-corrected chi connectivity index (χ1v) is 7.32. The van der Waals surface area contributed by atoms with Crippen LogP contribution in [-0.2, 0) is 15.6 Å². The van der Waals surface area contributed by atoms with Gasteiger partial charge in [-0.3, -0.25) is 0 Å². The summed E-state index contributed by atoms with van der Waals surface area (Å²) < 4.78 is 29.7. The van der Waals surface area contributed by atoms with Crippen molar-refractivity contribution in [1.29, 1.82) is 0 Å². The molecule has 2 aromatic carbocycles. The summed E-state index contributed by atoms with van der Waals surface area (Å²) >= 11 is 0. The van der Waals surface area contributed by atoms with E-state index in [4.69, 9.17) is 4.74 Å². The highest BCUT2D eigenvalue weighted by Gasteiger charge is 2.20. The van der Waals surface area contributed by atoms with Crippen LogP contribution in [0.2, 0.25) is 0 Å². The molecule has 0 aliphatic carbocycles. The minimum atomic E-state index is -3.61. The molecular formula is C14H14O4S. The maximum atomic E-state index is 12.3. The van der Waals surface area contributed by atoms with E-state index in [-0.39, 0.29) is 16.4 Å².